The number of aryl methyl sites for hydroxylation is 1. The van der Waals surface area contributed by atoms with Crippen molar-refractivity contribution in [2.75, 3.05) is 6.54 Å². The molecule has 0 saturated heterocycles. The zero-order valence-corrected chi connectivity index (χ0v) is 9.98. The van der Waals surface area contributed by atoms with Crippen LogP contribution in [0.2, 0.25) is 0 Å². The lowest BCUT2D eigenvalue weighted by Crippen LogP contribution is -2.18. The van der Waals surface area contributed by atoms with E-state index in [1.165, 1.54) is 15.6 Å². The quantitative estimate of drug-likeness (QED) is 0.856. The molecule has 0 spiro atoms. The molecule has 1 unspecified atom stereocenters. The van der Waals surface area contributed by atoms with Crippen LogP contribution in [-0.4, -0.2) is 6.54 Å². The molecule has 1 N–H and O–H groups in total. The van der Waals surface area contributed by atoms with Crippen LogP contribution >= 0.6 is 15.9 Å². The summed E-state index contributed by atoms with van der Waals surface area (Å²) in [6.45, 7) is 7.47. The van der Waals surface area contributed by atoms with Crippen molar-refractivity contribution in [3.8, 4) is 0 Å². The molecule has 0 saturated carbocycles. The fourth-order valence-corrected chi connectivity index (χ4v) is 2.41. The van der Waals surface area contributed by atoms with E-state index in [4.69, 9.17) is 0 Å². The summed E-state index contributed by atoms with van der Waals surface area (Å²) < 4.78 is 1.20. The lowest BCUT2D eigenvalue weighted by molar-refractivity contribution is 0.593. The van der Waals surface area contributed by atoms with E-state index in [9.17, 15) is 0 Å². The average Bonchev–Trinajstić information content (AvgIpc) is 2.04. The summed E-state index contributed by atoms with van der Waals surface area (Å²) in [6.07, 6.45) is 0. The van der Waals surface area contributed by atoms with Crippen molar-refractivity contribution < 1.29 is 0 Å². The Morgan fingerprint density at radius 3 is 2.69 bits per heavy atom. The topological polar surface area (TPSA) is 12.0 Å². The maximum Gasteiger partial charge on any atom is 0.0305 e. The summed E-state index contributed by atoms with van der Waals surface area (Å²) in [6, 6.07) is 6.73. The summed E-state index contributed by atoms with van der Waals surface area (Å²) >= 11 is 3.58. The predicted octanol–water partition coefficient (Wildman–Crippen LogP) is 3.43. The molecule has 72 valence electrons. The zero-order chi connectivity index (χ0) is 9.84. The van der Waals surface area contributed by atoms with Crippen LogP contribution in [0.1, 0.15) is 31.0 Å². The van der Waals surface area contributed by atoms with Gasteiger partial charge in [-0.2, -0.15) is 0 Å². The molecule has 1 aromatic carbocycles. The molecule has 1 atom stereocenters. The van der Waals surface area contributed by atoms with Crippen LogP contribution in [-0.2, 0) is 0 Å². The van der Waals surface area contributed by atoms with E-state index >= 15 is 0 Å². The number of hydrogen-bond donors (Lipinski definition) is 1. The van der Waals surface area contributed by atoms with Gasteiger partial charge in [0.1, 0.15) is 0 Å². The first kappa shape index (κ1) is 10.7. The molecule has 0 aliphatic heterocycles. The molecule has 1 aromatic rings. The van der Waals surface area contributed by atoms with E-state index in [-0.39, 0.29) is 0 Å². The molecule has 0 aromatic heterocycles. The fraction of sp³-hybridized carbons (Fsp3) is 0.455. The SMILES string of the molecule is CCNC(C)c1c(C)cccc1Br. The third-order valence-corrected chi connectivity index (χ3v) is 2.91. The van der Waals surface area contributed by atoms with Crippen molar-refractivity contribution in [3.63, 3.8) is 0 Å². The van der Waals surface area contributed by atoms with Crippen LogP contribution < -0.4 is 5.32 Å². The maximum absolute atomic E-state index is 3.58. The second-order valence-electron chi connectivity index (χ2n) is 3.25. The summed E-state index contributed by atoms with van der Waals surface area (Å²) in [4.78, 5) is 0. The predicted molar refractivity (Wildman–Crippen MR) is 61.0 cm³/mol. The van der Waals surface area contributed by atoms with Crippen molar-refractivity contribution in [1.29, 1.82) is 0 Å². The van der Waals surface area contributed by atoms with Crippen LogP contribution in [0.3, 0.4) is 0 Å². The standard InChI is InChI=1S/C11H16BrN/c1-4-13-9(3)11-8(2)6-5-7-10(11)12/h5-7,9,13H,4H2,1-3H3. The molecule has 2 heteroatoms. The Kier molecular flexibility index (Phi) is 3.94. The molecule has 0 amide bonds. The number of hydrogen-bond acceptors (Lipinski definition) is 1. The molecule has 0 radical (unpaired) electrons. The molecule has 0 aliphatic carbocycles. The lowest BCUT2D eigenvalue weighted by atomic mass is 10.0. The van der Waals surface area contributed by atoms with E-state index in [0.717, 1.165) is 6.54 Å². The third kappa shape index (κ3) is 2.55. The highest BCUT2D eigenvalue weighted by Crippen LogP contribution is 2.26. The highest BCUT2D eigenvalue weighted by atomic mass is 79.9. The number of halogens is 1. The summed E-state index contributed by atoms with van der Waals surface area (Å²) in [7, 11) is 0. The Hall–Kier alpha value is -0.340. The van der Waals surface area contributed by atoms with E-state index < -0.39 is 0 Å². The molecule has 0 fully saturated rings. The van der Waals surface area contributed by atoms with Gasteiger partial charge in [0, 0.05) is 10.5 Å². The Morgan fingerprint density at radius 1 is 1.46 bits per heavy atom. The minimum atomic E-state index is 0.417. The van der Waals surface area contributed by atoms with Crippen LogP contribution in [0, 0.1) is 6.92 Å². The second-order valence-corrected chi connectivity index (χ2v) is 4.10. The normalized spacial score (nSPS) is 12.9. The van der Waals surface area contributed by atoms with Gasteiger partial charge in [-0.1, -0.05) is 35.0 Å². The minimum absolute atomic E-state index is 0.417. The molecule has 13 heavy (non-hydrogen) atoms. The first-order chi connectivity index (χ1) is 6.16. The highest BCUT2D eigenvalue weighted by Gasteiger charge is 2.09. The Labute approximate surface area is 88.7 Å². The summed E-state index contributed by atoms with van der Waals surface area (Å²) in [5.74, 6) is 0. The van der Waals surface area contributed by atoms with E-state index in [1.54, 1.807) is 0 Å². The molecule has 0 heterocycles. The Balaban J connectivity index is 2.98. The monoisotopic (exact) mass is 241 g/mol. The van der Waals surface area contributed by atoms with Crippen molar-refractivity contribution in [3.05, 3.63) is 33.8 Å². The molecule has 1 rings (SSSR count). The molecular weight excluding hydrogens is 226 g/mol. The van der Waals surface area contributed by atoms with Crippen molar-refractivity contribution >= 4 is 15.9 Å². The largest absolute Gasteiger partial charge is 0.310 e. The molecule has 1 nitrogen and oxygen atoms in total. The van der Waals surface area contributed by atoms with Crippen molar-refractivity contribution in [1.82, 2.24) is 5.32 Å². The Bertz CT molecular complexity index is 263. The van der Waals surface area contributed by atoms with Crippen LogP contribution in [0.5, 0.6) is 0 Å². The van der Waals surface area contributed by atoms with Crippen LogP contribution in [0.4, 0.5) is 0 Å². The first-order valence-electron chi connectivity index (χ1n) is 4.65. The zero-order valence-electron chi connectivity index (χ0n) is 8.39. The summed E-state index contributed by atoms with van der Waals surface area (Å²) in [5.41, 5.74) is 2.70. The van der Waals surface area contributed by atoms with E-state index in [1.807, 2.05) is 0 Å². The van der Waals surface area contributed by atoms with Gasteiger partial charge in [-0.3, -0.25) is 0 Å². The number of benzene rings is 1. The highest BCUT2D eigenvalue weighted by molar-refractivity contribution is 9.10. The molecular formula is C11H16BrN. The van der Waals surface area contributed by atoms with Crippen LogP contribution in [0.25, 0.3) is 0 Å². The smallest absolute Gasteiger partial charge is 0.0305 e. The Morgan fingerprint density at radius 2 is 2.15 bits per heavy atom. The third-order valence-electron chi connectivity index (χ3n) is 2.21. The second kappa shape index (κ2) is 4.77. The van der Waals surface area contributed by atoms with Gasteiger partial charge in [-0.15, -0.1) is 0 Å². The van der Waals surface area contributed by atoms with Crippen molar-refractivity contribution in [2.45, 2.75) is 26.8 Å². The molecule has 0 aliphatic rings. The van der Waals surface area contributed by atoms with Gasteiger partial charge in [0.25, 0.3) is 0 Å². The lowest BCUT2D eigenvalue weighted by Gasteiger charge is -2.17. The van der Waals surface area contributed by atoms with Gasteiger partial charge in [0.15, 0.2) is 0 Å². The van der Waals surface area contributed by atoms with Gasteiger partial charge >= 0.3 is 0 Å². The minimum Gasteiger partial charge on any atom is -0.310 e. The van der Waals surface area contributed by atoms with Crippen molar-refractivity contribution in [2.24, 2.45) is 0 Å². The number of rotatable bonds is 3. The maximum atomic E-state index is 3.58. The molecule has 0 bridgehead atoms. The van der Waals surface area contributed by atoms with Gasteiger partial charge in [0.2, 0.25) is 0 Å². The first-order valence-corrected chi connectivity index (χ1v) is 5.44. The average molecular weight is 242 g/mol. The van der Waals surface area contributed by atoms with Gasteiger partial charge in [-0.05, 0) is 37.6 Å². The van der Waals surface area contributed by atoms with E-state index in [2.05, 4.69) is 60.2 Å². The summed E-state index contributed by atoms with van der Waals surface area (Å²) in [5, 5.41) is 3.41. The number of nitrogens with one attached hydrogen (secondary N) is 1. The fourth-order valence-electron chi connectivity index (χ4n) is 1.60. The van der Waals surface area contributed by atoms with Gasteiger partial charge in [-0.25, -0.2) is 0 Å². The van der Waals surface area contributed by atoms with Crippen LogP contribution in [0.15, 0.2) is 22.7 Å². The van der Waals surface area contributed by atoms with Gasteiger partial charge in [0.05, 0.1) is 0 Å². The van der Waals surface area contributed by atoms with E-state index in [0.29, 0.717) is 6.04 Å². The van der Waals surface area contributed by atoms with Gasteiger partial charge < -0.3 is 5.32 Å².